The standard InChI is InChI=1S/C18H28N2O3/c1-7-20(11-13(2)3)12-18(21)19-14(4)16-10-15(22-5)8-9-17(16)23-6/h8-10,14H,2,7,11-12H2,1,3-6H3,(H,19,21). The molecule has 5 nitrogen and oxygen atoms in total. The van der Waals surface area contributed by atoms with Crippen molar-refractivity contribution < 1.29 is 14.3 Å². The van der Waals surface area contributed by atoms with Crippen LogP contribution in [0.15, 0.2) is 30.4 Å². The SMILES string of the molecule is C=C(C)CN(CC)CC(=O)NC(C)c1cc(OC)ccc1OC. The van der Waals surface area contributed by atoms with E-state index in [4.69, 9.17) is 9.47 Å². The molecule has 1 aromatic rings. The second-order valence-electron chi connectivity index (χ2n) is 5.66. The van der Waals surface area contributed by atoms with Gasteiger partial charge in [-0.15, -0.1) is 0 Å². The molecule has 0 heterocycles. The first-order chi connectivity index (χ1) is 10.9. The number of methoxy groups -OCH3 is 2. The van der Waals surface area contributed by atoms with Gasteiger partial charge < -0.3 is 14.8 Å². The van der Waals surface area contributed by atoms with Gasteiger partial charge in [-0.05, 0) is 38.6 Å². The molecular formula is C18H28N2O3. The molecule has 1 aromatic carbocycles. The van der Waals surface area contributed by atoms with E-state index in [0.717, 1.165) is 35.7 Å². The maximum Gasteiger partial charge on any atom is 0.234 e. The number of ether oxygens (including phenoxy) is 2. The minimum atomic E-state index is -0.170. The van der Waals surface area contributed by atoms with E-state index in [9.17, 15) is 4.79 Å². The van der Waals surface area contributed by atoms with Crippen LogP contribution >= 0.6 is 0 Å². The minimum Gasteiger partial charge on any atom is -0.497 e. The Balaban J connectivity index is 2.76. The molecule has 0 bridgehead atoms. The van der Waals surface area contributed by atoms with Crippen molar-refractivity contribution in [1.29, 1.82) is 0 Å². The van der Waals surface area contributed by atoms with E-state index in [1.807, 2.05) is 43.9 Å². The van der Waals surface area contributed by atoms with Crippen molar-refractivity contribution >= 4 is 5.91 Å². The third kappa shape index (κ3) is 5.94. The summed E-state index contributed by atoms with van der Waals surface area (Å²) in [4.78, 5) is 14.3. The number of likely N-dealkylation sites (N-methyl/N-ethyl adjacent to an activating group) is 1. The lowest BCUT2D eigenvalue weighted by Gasteiger charge is -2.22. The predicted octanol–water partition coefficient (Wildman–Crippen LogP) is 2.78. The molecule has 1 unspecified atom stereocenters. The Morgan fingerprint density at radius 3 is 2.52 bits per heavy atom. The van der Waals surface area contributed by atoms with Gasteiger partial charge in [0, 0.05) is 12.1 Å². The zero-order valence-corrected chi connectivity index (χ0v) is 14.8. The average Bonchev–Trinajstić information content (AvgIpc) is 2.52. The highest BCUT2D eigenvalue weighted by atomic mass is 16.5. The Kier molecular flexibility index (Phi) is 7.62. The fraction of sp³-hybridized carbons (Fsp3) is 0.500. The van der Waals surface area contributed by atoms with Crippen LogP contribution in [-0.2, 0) is 4.79 Å². The van der Waals surface area contributed by atoms with Gasteiger partial charge in [0.05, 0.1) is 26.8 Å². The van der Waals surface area contributed by atoms with E-state index in [-0.39, 0.29) is 11.9 Å². The lowest BCUT2D eigenvalue weighted by Crippen LogP contribution is -2.38. The van der Waals surface area contributed by atoms with Gasteiger partial charge in [-0.1, -0.05) is 19.1 Å². The topological polar surface area (TPSA) is 50.8 Å². The molecule has 1 rings (SSSR count). The third-order valence-corrected chi connectivity index (χ3v) is 3.59. The molecule has 1 atom stereocenters. The van der Waals surface area contributed by atoms with Crippen molar-refractivity contribution in [3.05, 3.63) is 35.9 Å². The van der Waals surface area contributed by atoms with Crippen molar-refractivity contribution in [3.63, 3.8) is 0 Å². The summed E-state index contributed by atoms with van der Waals surface area (Å²) in [5.41, 5.74) is 1.94. The van der Waals surface area contributed by atoms with Crippen LogP contribution in [-0.4, -0.2) is 44.7 Å². The summed E-state index contributed by atoms with van der Waals surface area (Å²) in [6.07, 6.45) is 0. The first-order valence-electron chi connectivity index (χ1n) is 7.79. The third-order valence-electron chi connectivity index (χ3n) is 3.59. The van der Waals surface area contributed by atoms with Crippen molar-refractivity contribution in [2.24, 2.45) is 0 Å². The first-order valence-corrected chi connectivity index (χ1v) is 7.79. The highest BCUT2D eigenvalue weighted by molar-refractivity contribution is 5.78. The largest absolute Gasteiger partial charge is 0.497 e. The number of nitrogens with zero attached hydrogens (tertiary/aromatic N) is 1. The molecule has 0 saturated carbocycles. The van der Waals surface area contributed by atoms with Gasteiger partial charge >= 0.3 is 0 Å². The van der Waals surface area contributed by atoms with Crippen LogP contribution in [0.1, 0.15) is 32.4 Å². The van der Waals surface area contributed by atoms with Crippen LogP contribution in [0, 0.1) is 0 Å². The van der Waals surface area contributed by atoms with Crippen LogP contribution in [0.4, 0.5) is 0 Å². The smallest absolute Gasteiger partial charge is 0.234 e. The summed E-state index contributed by atoms with van der Waals surface area (Å²) in [6, 6.07) is 5.39. The molecule has 5 heteroatoms. The molecule has 1 N–H and O–H groups in total. The van der Waals surface area contributed by atoms with Crippen molar-refractivity contribution in [2.75, 3.05) is 33.9 Å². The zero-order chi connectivity index (χ0) is 17.4. The predicted molar refractivity (Wildman–Crippen MR) is 93.0 cm³/mol. The van der Waals surface area contributed by atoms with Crippen molar-refractivity contribution in [3.8, 4) is 11.5 Å². The molecule has 0 aliphatic rings. The number of hydrogen-bond donors (Lipinski definition) is 1. The van der Waals surface area contributed by atoms with Gasteiger partial charge in [0.25, 0.3) is 0 Å². The van der Waals surface area contributed by atoms with E-state index in [1.54, 1.807) is 14.2 Å². The maximum absolute atomic E-state index is 12.3. The van der Waals surface area contributed by atoms with Gasteiger partial charge in [0.1, 0.15) is 11.5 Å². The number of benzene rings is 1. The van der Waals surface area contributed by atoms with Gasteiger partial charge in [-0.2, -0.15) is 0 Å². The van der Waals surface area contributed by atoms with E-state index in [1.165, 1.54) is 0 Å². The first kappa shape index (κ1) is 19.0. The fourth-order valence-corrected chi connectivity index (χ4v) is 2.41. The molecule has 128 valence electrons. The Labute approximate surface area is 139 Å². The Bertz CT molecular complexity index is 543. The van der Waals surface area contributed by atoms with Crippen molar-refractivity contribution in [1.82, 2.24) is 10.2 Å². The Morgan fingerprint density at radius 2 is 2.00 bits per heavy atom. The molecule has 23 heavy (non-hydrogen) atoms. The van der Waals surface area contributed by atoms with Crippen LogP contribution in [0.2, 0.25) is 0 Å². The number of carbonyl (C=O) groups excluding carboxylic acids is 1. The van der Waals surface area contributed by atoms with Crippen LogP contribution < -0.4 is 14.8 Å². The Morgan fingerprint density at radius 1 is 1.30 bits per heavy atom. The van der Waals surface area contributed by atoms with E-state index in [2.05, 4.69) is 11.9 Å². The second-order valence-corrected chi connectivity index (χ2v) is 5.66. The van der Waals surface area contributed by atoms with Gasteiger partial charge in [-0.25, -0.2) is 0 Å². The summed E-state index contributed by atoms with van der Waals surface area (Å²) in [6.45, 7) is 11.7. The number of rotatable bonds is 9. The number of carbonyl (C=O) groups is 1. The lowest BCUT2D eigenvalue weighted by atomic mass is 10.1. The summed E-state index contributed by atoms with van der Waals surface area (Å²) in [7, 11) is 3.23. The van der Waals surface area contributed by atoms with Crippen LogP contribution in [0.25, 0.3) is 0 Å². The highest BCUT2D eigenvalue weighted by Gasteiger charge is 2.16. The maximum atomic E-state index is 12.3. The van der Waals surface area contributed by atoms with Crippen molar-refractivity contribution in [2.45, 2.75) is 26.8 Å². The molecule has 0 aliphatic heterocycles. The van der Waals surface area contributed by atoms with E-state index >= 15 is 0 Å². The van der Waals surface area contributed by atoms with Crippen LogP contribution in [0.5, 0.6) is 11.5 Å². The molecule has 0 aliphatic carbocycles. The minimum absolute atomic E-state index is 0.0227. The zero-order valence-electron chi connectivity index (χ0n) is 14.8. The molecule has 0 spiro atoms. The molecule has 1 amide bonds. The molecule has 0 saturated heterocycles. The lowest BCUT2D eigenvalue weighted by molar-refractivity contribution is -0.122. The van der Waals surface area contributed by atoms with Gasteiger partial charge in [-0.3, -0.25) is 9.69 Å². The second kappa shape index (κ2) is 9.20. The molecular weight excluding hydrogens is 292 g/mol. The number of hydrogen-bond acceptors (Lipinski definition) is 4. The summed E-state index contributed by atoms with van der Waals surface area (Å²) < 4.78 is 10.6. The monoisotopic (exact) mass is 320 g/mol. The normalized spacial score (nSPS) is 11.9. The highest BCUT2D eigenvalue weighted by Crippen LogP contribution is 2.29. The summed E-state index contributed by atoms with van der Waals surface area (Å²) in [5.74, 6) is 1.44. The van der Waals surface area contributed by atoms with E-state index < -0.39 is 0 Å². The van der Waals surface area contributed by atoms with Gasteiger partial charge in [0.15, 0.2) is 0 Å². The van der Waals surface area contributed by atoms with E-state index in [0.29, 0.717) is 6.54 Å². The van der Waals surface area contributed by atoms with Gasteiger partial charge in [0.2, 0.25) is 5.91 Å². The fourth-order valence-electron chi connectivity index (χ4n) is 2.41. The average molecular weight is 320 g/mol. The molecule has 0 aromatic heterocycles. The molecule has 0 radical (unpaired) electrons. The molecule has 0 fully saturated rings. The Hall–Kier alpha value is -2.01. The quantitative estimate of drug-likeness (QED) is 0.711. The number of nitrogens with one attached hydrogen (secondary N) is 1. The summed E-state index contributed by atoms with van der Waals surface area (Å²) >= 11 is 0. The summed E-state index contributed by atoms with van der Waals surface area (Å²) in [5, 5.41) is 3.01. The van der Waals surface area contributed by atoms with Crippen LogP contribution in [0.3, 0.4) is 0 Å². The number of amides is 1.